The quantitative estimate of drug-likeness (QED) is 0.157. The summed E-state index contributed by atoms with van der Waals surface area (Å²) in [6.07, 6.45) is 7.37. The summed E-state index contributed by atoms with van der Waals surface area (Å²) >= 11 is 0. The number of hydrogen-bond donors (Lipinski definition) is 1. The number of methoxy groups -OCH3 is 1. The fourth-order valence-corrected chi connectivity index (χ4v) is 9.85. The van der Waals surface area contributed by atoms with Crippen LogP contribution in [-0.4, -0.2) is 46.1 Å². The van der Waals surface area contributed by atoms with Gasteiger partial charge in [0, 0.05) is 35.8 Å². The number of phenols is 1. The molecule has 42 heavy (non-hydrogen) atoms. The third kappa shape index (κ3) is 7.70. The van der Waals surface area contributed by atoms with Gasteiger partial charge in [0.15, 0.2) is 0 Å². The average Bonchev–Trinajstić information content (AvgIpc) is 3.27. The minimum Gasteiger partial charge on any atom is -0.508 e. The third-order valence-electron chi connectivity index (χ3n) is 10.8. The van der Waals surface area contributed by atoms with Crippen LogP contribution >= 0.6 is 0 Å². The molecule has 4 rings (SSSR count). The van der Waals surface area contributed by atoms with Crippen LogP contribution in [0.2, 0.25) is 0 Å². The molecule has 0 radical (unpaired) electrons. The molecule has 240 valence electrons. The maximum absolute atomic E-state index is 13.0. The normalized spacial score (nSPS) is 30.0. The van der Waals surface area contributed by atoms with Crippen LogP contribution in [0, 0.1) is 23.2 Å². The molecule has 7 atom stereocenters. The van der Waals surface area contributed by atoms with E-state index in [0.29, 0.717) is 47.7 Å². The molecule has 2 saturated carbocycles. The van der Waals surface area contributed by atoms with E-state index >= 15 is 0 Å². The lowest BCUT2D eigenvalue weighted by atomic mass is 9.52. The van der Waals surface area contributed by atoms with Crippen molar-refractivity contribution in [1.82, 2.24) is 0 Å². The molecule has 0 amide bonds. The van der Waals surface area contributed by atoms with Crippen molar-refractivity contribution in [2.75, 3.05) is 18.6 Å². The van der Waals surface area contributed by atoms with Crippen molar-refractivity contribution in [3.05, 3.63) is 29.3 Å². The highest BCUT2D eigenvalue weighted by molar-refractivity contribution is 7.84. The number of alkyl halides is 5. The minimum absolute atomic E-state index is 0.106. The standard InChI is InChI=1S/C33H49F5O3S/c1-31-18-16-27-26-13-12-25(39)22-24(26)21-23(30(27)28(31)14-15-29(31)41-2)11-8-6-4-3-5-7-9-19-42(40)20-10-17-32(34,35)33(36,37)38/h12-13,22-23,27-30,39H,3-11,14-21H2,1-2H3/t23-,27?,28?,29?,30?,31?,42?/m1/s1. The van der Waals surface area contributed by atoms with Gasteiger partial charge < -0.3 is 9.84 Å². The molecule has 0 saturated heterocycles. The highest BCUT2D eigenvalue weighted by Gasteiger charge is 2.57. The SMILES string of the molecule is COC1CCC2C3C(CCC12C)c1ccc(O)cc1C[C@H]3CCCCCCCCCS(=O)CCCC(F)(F)C(F)(F)F. The molecule has 0 spiro atoms. The van der Waals surface area contributed by atoms with Crippen molar-refractivity contribution in [1.29, 1.82) is 0 Å². The molecular formula is C33H49F5O3S. The lowest BCUT2D eigenvalue weighted by molar-refractivity contribution is -0.284. The van der Waals surface area contributed by atoms with Gasteiger partial charge >= 0.3 is 12.1 Å². The number of hydrogen-bond acceptors (Lipinski definition) is 3. The van der Waals surface area contributed by atoms with Gasteiger partial charge in [-0.25, -0.2) is 0 Å². The number of rotatable bonds is 15. The van der Waals surface area contributed by atoms with Gasteiger partial charge in [-0.2, -0.15) is 22.0 Å². The predicted octanol–water partition coefficient (Wildman–Crippen LogP) is 9.34. The second-order valence-electron chi connectivity index (χ2n) is 13.4. The van der Waals surface area contributed by atoms with E-state index in [0.717, 1.165) is 38.5 Å². The molecule has 0 aromatic heterocycles. The fourth-order valence-electron chi connectivity index (χ4n) is 8.65. The van der Waals surface area contributed by atoms with E-state index in [-0.39, 0.29) is 17.6 Å². The van der Waals surface area contributed by atoms with Gasteiger partial charge in [0.1, 0.15) is 5.75 Å². The molecule has 0 aliphatic heterocycles. The molecule has 3 aliphatic rings. The Morgan fingerprint density at radius 1 is 0.952 bits per heavy atom. The largest absolute Gasteiger partial charge is 0.508 e. The van der Waals surface area contributed by atoms with E-state index in [2.05, 4.69) is 13.0 Å². The Morgan fingerprint density at radius 3 is 2.31 bits per heavy atom. The van der Waals surface area contributed by atoms with Crippen LogP contribution < -0.4 is 0 Å². The van der Waals surface area contributed by atoms with E-state index in [1.807, 2.05) is 19.2 Å². The molecule has 1 N–H and O–H groups in total. The van der Waals surface area contributed by atoms with Gasteiger partial charge in [0.25, 0.3) is 0 Å². The van der Waals surface area contributed by atoms with E-state index in [1.54, 1.807) is 0 Å². The number of unbranched alkanes of at least 4 members (excludes halogenated alkanes) is 6. The average molecular weight is 621 g/mol. The van der Waals surface area contributed by atoms with E-state index in [1.165, 1.54) is 49.7 Å². The molecule has 6 unspecified atom stereocenters. The van der Waals surface area contributed by atoms with Gasteiger partial charge in [0.05, 0.1) is 6.10 Å². The summed E-state index contributed by atoms with van der Waals surface area (Å²) in [5.41, 5.74) is 3.04. The molecule has 3 aliphatic carbocycles. The summed E-state index contributed by atoms with van der Waals surface area (Å²) in [4.78, 5) is 0. The Balaban J connectivity index is 1.17. The Bertz CT molecular complexity index is 1050. The van der Waals surface area contributed by atoms with Crippen LogP contribution in [0.4, 0.5) is 22.0 Å². The summed E-state index contributed by atoms with van der Waals surface area (Å²) in [6.45, 7) is 2.46. The van der Waals surface area contributed by atoms with Gasteiger partial charge in [-0.05, 0) is 104 Å². The van der Waals surface area contributed by atoms with E-state index < -0.39 is 29.3 Å². The van der Waals surface area contributed by atoms with E-state index in [9.17, 15) is 31.3 Å². The van der Waals surface area contributed by atoms with Crippen LogP contribution in [0.5, 0.6) is 5.75 Å². The summed E-state index contributed by atoms with van der Waals surface area (Å²) in [5, 5.41) is 10.2. The number of aromatic hydroxyl groups is 1. The summed E-state index contributed by atoms with van der Waals surface area (Å²) < 4.78 is 80.6. The van der Waals surface area contributed by atoms with Crippen molar-refractivity contribution < 1.29 is 36.0 Å². The van der Waals surface area contributed by atoms with Crippen molar-refractivity contribution in [2.45, 2.75) is 127 Å². The maximum Gasteiger partial charge on any atom is 0.453 e. The first-order chi connectivity index (χ1) is 19.9. The smallest absolute Gasteiger partial charge is 0.453 e. The van der Waals surface area contributed by atoms with Crippen LogP contribution in [0.3, 0.4) is 0 Å². The first-order valence-electron chi connectivity index (χ1n) is 16.0. The predicted molar refractivity (Wildman–Crippen MR) is 157 cm³/mol. The Kier molecular flexibility index (Phi) is 11.4. The zero-order valence-corrected chi connectivity index (χ0v) is 26.0. The molecule has 0 bridgehead atoms. The highest BCUT2D eigenvalue weighted by Crippen LogP contribution is 2.63. The molecule has 0 heterocycles. The molecule has 2 fully saturated rings. The Hall–Kier alpha value is -1.22. The maximum atomic E-state index is 13.0. The van der Waals surface area contributed by atoms with Crippen LogP contribution in [-0.2, 0) is 22.0 Å². The van der Waals surface area contributed by atoms with Gasteiger partial charge in [-0.1, -0.05) is 51.5 Å². The first kappa shape index (κ1) is 33.7. The highest BCUT2D eigenvalue weighted by atomic mass is 32.2. The summed E-state index contributed by atoms with van der Waals surface area (Å²) in [5.74, 6) is -1.55. The molecule has 9 heteroatoms. The number of ether oxygens (including phenoxy) is 1. The number of halogens is 5. The monoisotopic (exact) mass is 620 g/mol. The van der Waals surface area contributed by atoms with Gasteiger partial charge in [-0.15, -0.1) is 0 Å². The van der Waals surface area contributed by atoms with Crippen molar-refractivity contribution in [3.63, 3.8) is 0 Å². The van der Waals surface area contributed by atoms with Crippen molar-refractivity contribution in [3.8, 4) is 5.75 Å². The second-order valence-corrected chi connectivity index (χ2v) is 15.1. The second kappa shape index (κ2) is 14.3. The topological polar surface area (TPSA) is 46.5 Å². The van der Waals surface area contributed by atoms with Crippen LogP contribution in [0.1, 0.15) is 114 Å². The number of phenolic OH excluding ortho intramolecular Hbond substituents is 1. The van der Waals surface area contributed by atoms with Crippen LogP contribution in [0.15, 0.2) is 18.2 Å². The third-order valence-corrected chi connectivity index (χ3v) is 12.3. The van der Waals surface area contributed by atoms with Crippen LogP contribution in [0.25, 0.3) is 0 Å². The Labute approximate surface area is 250 Å². The zero-order chi connectivity index (χ0) is 30.5. The molecule has 1 aromatic rings. The summed E-state index contributed by atoms with van der Waals surface area (Å²) in [7, 11) is 0.520. The minimum atomic E-state index is -5.54. The number of fused-ring (bicyclic) bond motifs is 5. The van der Waals surface area contributed by atoms with Gasteiger partial charge in [0.2, 0.25) is 0 Å². The van der Waals surface area contributed by atoms with Crippen molar-refractivity contribution >= 4 is 10.8 Å². The molecular weight excluding hydrogens is 571 g/mol. The number of benzene rings is 1. The zero-order valence-electron chi connectivity index (χ0n) is 25.2. The lowest BCUT2D eigenvalue weighted by Crippen LogP contribution is -2.47. The Morgan fingerprint density at radius 2 is 1.62 bits per heavy atom. The molecule has 1 aromatic carbocycles. The lowest BCUT2D eigenvalue weighted by Gasteiger charge is -2.53. The van der Waals surface area contributed by atoms with Gasteiger partial charge in [-0.3, -0.25) is 4.21 Å². The van der Waals surface area contributed by atoms with E-state index in [4.69, 9.17) is 4.74 Å². The molecule has 3 nitrogen and oxygen atoms in total. The fraction of sp³-hybridized carbons (Fsp3) is 0.818. The first-order valence-corrected chi connectivity index (χ1v) is 17.5. The summed E-state index contributed by atoms with van der Waals surface area (Å²) in [6, 6.07) is 6.02. The van der Waals surface area contributed by atoms with Crippen molar-refractivity contribution in [2.24, 2.45) is 23.2 Å².